The van der Waals surface area contributed by atoms with Gasteiger partial charge in [-0.3, -0.25) is 9.59 Å². The number of benzene rings is 2. The number of rotatable bonds is 5. The van der Waals surface area contributed by atoms with Crippen molar-refractivity contribution in [2.75, 3.05) is 31.8 Å². The summed E-state index contributed by atoms with van der Waals surface area (Å²) in [6, 6.07) is 8.59. The van der Waals surface area contributed by atoms with Crippen molar-refractivity contribution in [1.29, 1.82) is 0 Å². The van der Waals surface area contributed by atoms with Crippen LogP contribution in [-0.4, -0.2) is 37.4 Å². The van der Waals surface area contributed by atoms with Crippen molar-refractivity contribution in [3.05, 3.63) is 52.0 Å². The number of hydrogen-bond acceptors (Lipinski definition) is 4. The van der Waals surface area contributed by atoms with Crippen LogP contribution in [0.4, 0.5) is 11.4 Å². The zero-order chi connectivity index (χ0) is 19.4. The van der Waals surface area contributed by atoms with Gasteiger partial charge in [0.15, 0.2) is 0 Å². The van der Waals surface area contributed by atoms with Crippen molar-refractivity contribution in [1.82, 2.24) is 4.90 Å². The fraction of sp³-hybridized carbons (Fsp3) is 0.263. The molecule has 8 heteroatoms. The average Bonchev–Trinajstić information content (AvgIpc) is 2.60. The summed E-state index contributed by atoms with van der Waals surface area (Å²) < 4.78 is 5.20. The lowest BCUT2D eigenvalue weighted by Gasteiger charge is -2.19. The van der Waals surface area contributed by atoms with Crippen molar-refractivity contribution < 1.29 is 14.3 Å². The molecule has 0 aromatic heterocycles. The Kier molecular flexibility index (Phi) is 7.94. The molecule has 0 atom stereocenters. The third kappa shape index (κ3) is 5.28. The molecule has 27 heavy (non-hydrogen) atoms. The molecule has 0 aliphatic carbocycles. The Morgan fingerprint density at radius 2 is 1.93 bits per heavy atom. The molecule has 0 spiro atoms. The Hall–Kier alpha value is -2.44. The van der Waals surface area contributed by atoms with Crippen LogP contribution in [0.2, 0.25) is 5.02 Å². The number of carbonyl (C=O) groups is 2. The Bertz CT molecular complexity index is 856. The molecule has 2 rings (SSSR count). The molecule has 0 heterocycles. The van der Waals surface area contributed by atoms with Crippen LogP contribution in [0, 0.1) is 13.8 Å². The van der Waals surface area contributed by atoms with Gasteiger partial charge < -0.3 is 20.7 Å². The lowest BCUT2D eigenvalue weighted by atomic mass is 10.1. The minimum atomic E-state index is -0.389. The number of nitrogen functional groups attached to an aromatic ring is 1. The van der Waals surface area contributed by atoms with E-state index >= 15 is 0 Å². The summed E-state index contributed by atoms with van der Waals surface area (Å²) in [5, 5.41) is 3.08. The average molecular weight is 412 g/mol. The molecule has 3 N–H and O–H groups in total. The molecular formula is C19H23Cl2N3O3. The van der Waals surface area contributed by atoms with Gasteiger partial charge in [-0.25, -0.2) is 0 Å². The van der Waals surface area contributed by atoms with E-state index in [4.69, 9.17) is 22.1 Å². The highest BCUT2D eigenvalue weighted by molar-refractivity contribution is 6.33. The van der Waals surface area contributed by atoms with Gasteiger partial charge in [-0.15, -0.1) is 12.4 Å². The van der Waals surface area contributed by atoms with Crippen LogP contribution in [0.25, 0.3) is 0 Å². The van der Waals surface area contributed by atoms with Crippen molar-refractivity contribution >= 4 is 47.2 Å². The fourth-order valence-electron chi connectivity index (χ4n) is 2.47. The molecule has 6 nitrogen and oxygen atoms in total. The number of carbonyl (C=O) groups excluding carboxylic acids is 2. The fourth-order valence-corrected chi connectivity index (χ4v) is 2.64. The number of ether oxygens (including phenoxy) is 1. The number of aryl methyl sites for hydroxylation is 1. The Labute approximate surface area is 170 Å². The second-order valence-corrected chi connectivity index (χ2v) is 6.44. The maximum atomic E-state index is 12.7. The van der Waals surface area contributed by atoms with Gasteiger partial charge in [0.2, 0.25) is 5.91 Å². The molecule has 0 bridgehead atoms. The smallest absolute Gasteiger partial charge is 0.257 e. The van der Waals surface area contributed by atoms with Gasteiger partial charge in [0, 0.05) is 18.8 Å². The molecule has 0 fully saturated rings. The second kappa shape index (κ2) is 9.48. The molecule has 0 aliphatic rings. The SMILES string of the molecule is COc1cc(N)c(Cl)cc1C(=O)N(C)CC(=O)Nc1cccc(C)c1C.Cl. The van der Waals surface area contributed by atoms with Gasteiger partial charge in [0.05, 0.1) is 29.9 Å². The first-order valence-corrected chi connectivity index (χ1v) is 8.37. The van der Waals surface area contributed by atoms with Crippen LogP contribution in [0.1, 0.15) is 21.5 Å². The van der Waals surface area contributed by atoms with Crippen molar-refractivity contribution in [3.63, 3.8) is 0 Å². The lowest BCUT2D eigenvalue weighted by molar-refractivity contribution is -0.116. The number of anilines is 2. The van der Waals surface area contributed by atoms with E-state index in [2.05, 4.69) is 5.32 Å². The van der Waals surface area contributed by atoms with Gasteiger partial charge in [-0.2, -0.15) is 0 Å². The second-order valence-electron chi connectivity index (χ2n) is 6.03. The van der Waals surface area contributed by atoms with Crippen molar-refractivity contribution in [2.45, 2.75) is 13.8 Å². The van der Waals surface area contributed by atoms with E-state index in [0.29, 0.717) is 11.4 Å². The minimum absolute atomic E-state index is 0. The number of nitrogens with one attached hydrogen (secondary N) is 1. The van der Waals surface area contributed by atoms with Gasteiger partial charge in [0.1, 0.15) is 5.75 Å². The number of halogens is 2. The number of nitrogens with zero attached hydrogens (tertiary/aromatic N) is 1. The van der Waals surface area contributed by atoms with Gasteiger partial charge >= 0.3 is 0 Å². The summed E-state index contributed by atoms with van der Waals surface area (Å²) in [4.78, 5) is 26.3. The van der Waals surface area contributed by atoms with Crippen LogP contribution in [0.15, 0.2) is 30.3 Å². The van der Waals surface area contributed by atoms with E-state index in [1.165, 1.54) is 31.2 Å². The molecule has 0 unspecified atom stereocenters. The maximum Gasteiger partial charge on any atom is 0.257 e. The van der Waals surface area contributed by atoms with Crippen LogP contribution in [0.3, 0.4) is 0 Å². The maximum absolute atomic E-state index is 12.7. The number of hydrogen-bond donors (Lipinski definition) is 2. The predicted octanol–water partition coefficient (Wildman–Crippen LogP) is 3.68. The van der Waals surface area contributed by atoms with E-state index in [9.17, 15) is 9.59 Å². The van der Waals surface area contributed by atoms with Crippen molar-refractivity contribution in [2.24, 2.45) is 0 Å². The number of methoxy groups -OCH3 is 1. The zero-order valence-electron chi connectivity index (χ0n) is 15.6. The summed E-state index contributed by atoms with van der Waals surface area (Å²) >= 11 is 6.01. The summed E-state index contributed by atoms with van der Waals surface area (Å²) in [6.07, 6.45) is 0. The molecule has 146 valence electrons. The molecule has 2 amide bonds. The standard InChI is InChI=1S/C19H22ClN3O3.ClH/c1-11-6-5-7-16(12(11)2)22-18(24)10-23(3)19(25)13-8-14(20)15(21)9-17(13)26-4;/h5-9H,10,21H2,1-4H3,(H,22,24);1H. The normalized spacial score (nSPS) is 9.96. The number of amides is 2. The van der Waals surface area contributed by atoms with Crippen LogP contribution >= 0.6 is 24.0 Å². The topological polar surface area (TPSA) is 84.7 Å². The van der Waals surface area contributed by atoms with Crippen LogP contribution in [0.5, 0.6) is 5.75 Å². The zero-order valence-corrected chi connectivity index (χ0v) is 17.2. The monoisotopic (exact) mass is 411 g/mol. The first kappa shape index (κ1) is 22.6. The number of likely N-dealkylation sites (N-methyl/N-ethyl adjacent to an activating group) is 1. The highest BCUT2D eigenvalue weighted by atomic mass is 35.5. The van der Waals surface area contributed by atoms with Crippen LogP contribution < -0.4 is 15.8 Å². The molecule has 2 aromatic rings. The Balaban J connectivity index is 0.00000364. The van der Waals surface area contributed by atoms with E-state index in [-0.39, 0.29) is 41.4 Å². The Morgan fingerprint density at radius 1 is 1.26 bits per heavy atom. The summed E-state index contributed by atoms with van der Waals surface area (Å²) in [6.45, 7) is 3.79. The summed E-state index contributed by atoms with van der Waals surface area (Å²) in [5.41, 5.74) is 9.08. The van der Waals surface area contributed by atoms with Gasteiger partial charge in [-0.1, -0.05) is 23.7 Å². The molecule has 2 aromatic carbocycles. The van der Waals surface area contributed by atoms with Gasteiger partial charge in [-0.05, 0) is 37.1 Å². The highest BCUT2D eigenvalue weighted by Crippen LogP contribution is 2.29. The van der Waals surface area contributed by atoms with Gasteiger partial charge in [0.25, 0.3) is 5.91 Å². The first-order chi connectivity index (χ1) is 12.2. The minimum Gasteiger partial charge on any atom is -0.496 e. The summed E-state index contributed by atoms with van der Waals surface area (Å²) in [5.74, 6) is -0.381. The third-order valence-corrected chi connectivity index (χ3v) is 4.48. The molecule has 0 radical (unpaired) electrons. The quantitative estimate of drug-likeness (QED) is 0.734. The molecule has 0 saturated heterocycles. The highest BCUT2D eigenvalue weighted by Gasteiger charge is 2.20. The molecule has 0 saturated carbocycles. The van der Waals surface area contributed by atoms with E-state index in [1.54, 1.807) is 0 Å². The Morgan fingerprint density at radius 3 is 2.56 bits per heavy atom. The predicted molar refractivity (Wildman–Crippen MR) is 111 cm³/mol. The third-order valence-electron chi connectivity index (χ3n) is 4.16. The first-order valence-electron chi connectivity index (χ1n) is 7.99. The van der Waals surface area contributed by atoms with Crippen molar-refractivity contribution in [3.8, 4) is 5.75 Å². The van der Waals surface area contributed by atoms with E-state index in [0.717, 1.165) is 16.8 Å². The molecule has 0 aliphatic heterocycles. The van der Waals surface area contributed by atoms with Crippen LogP contribution in [-0.2, 0) is 4.79 Å². The lowest BCUT2D eigenvalue weighted by Crippen LogP contribution is -2.35. The van der Waals surface area contributed by atoms with E-state index in [1.807, 2.05) is 32.0 Å². The molecular weight excluding hydrogens is 389 g/mol. The van der Waals surface area contributed by atoms with E-state index < -0.39 is 0 Å². The number of nitrogens with two attached hydrogens (primary N) is 1. The summed E-state index contributed by atoms with van der Waals surface area (Å²) in [7, 11) is 2.97. The largest absolute Gasteiger partial charge is 0.496 e.